The fourth-order valence-electron chi connectivity index (χ4n) is 0.987. The van der Waals surface area contributed by atoms with Gasteiger partial charge in [0.2, 0.25) is 0 Å². The van der Waals surface area contributed by atoms with E-state index in [-0.39, 0.29) is 0 Å². The Kier molecular flexibility index (Phi) is 2.92. The highest BCUT2D eigenvalue weighted by Gasteiger charge is 2.40. The summed E-state index contributed by atoms with van der Waals surface area (Å²) in [6.45, 7) is 0. The summed E-state index contributed by atoms with van der Waals surface area (Å²) in [5, 5.41) is 1.09. The van der Waals surface area contributed by atoms with Gasteiger partial charge in [0.15, 0.2) is 0 Å². The molecule has 0 N–H and O–H groups in total. The molecule has 0 spiro atoms. The van der Waals surface area contributed by atoms with Crippen molar-refractivity contribution in [1.82, 2.24) is 0 Å². The molecule has 1 fully saturated rings. The van der Waals surface area contributed by atoms with Crippen molar-refractivity contribution in [2.24, 2.45) is 5.41 Å². The Hall–Kier alpha value is 0.630. The lowest BCUT2D eigenvalue weighted by Crippen LogP contribution is -2.07. The summed E-state index contributed by atoms with van der Waals surface area (Å²) in [6.07, 6.45) is 5.58. The van der Waals surface area contributed by atoms with Gasteiger partial charge in [0.05, 0.1) is 0 Å². The first-order chi connectivity index (χ1) is 4.68. The van der Waals surface area contributed by atoms with Gasteiger partial charge in [-0.05, 0) is 24.7 Å². The van der Waals surface area contributed by atoms with Gasteiger partial charge >= 0.3 is 0 Å². The van der Waals surface area contributed by atoms with Crippen LogP contribution in [0.3, 0.4) is 0 Å². The van der Waals surface area contributed by atoms with Gasteiger partial charge in [-0.3, -0.25) is 4.21 Å². The van der Waals surface area contributed by atoms with Gasteiger partial charge < -0.3 is 0 Å². The quantitative estimate of drug-likeness (QED) is 0.668. The molecule has 1 saturated carbocycles. The van der Waals surface area contributed by atoms with E-state index in [1.807, 2.05) is 0 Å². The maximum atomic E-state index is 10.7. The third-order valence-corrected chi connectivity index (χ3v) is 4.13. The summed E-state index contributed by atoms with van der Waals surface area (Å²) >= 11 is 3.48. The van der Waals surface area contributed by atoms with Crippen molar-refractivity contribution in [2.45, 2.75) is 19.3 Å². The maximum Gasteiger partial charge on any atom is 0.0237 e. The summed E-state index contributed by atoms with van der Waals surface area (Å²) in [5.41, 5.74) is 0.547. The number of rotatable bonds is 4. The van der Waals surface area contributed by atoms with Crippen molar-refractivity contribution in [2.75, 3.05) is 17.3 Å². The highest BCUT2D eigenvalue weighted by molar-refractivity contribution is 9.09. The molecule has 0 heterocycles. The van der Waals surface area contributed by atoms with Crippen LogP contribution in [0.1, 0.15) is 19.3 Å². The van der Waals surface area contributed by atoms with Crippen LogP contribution in [-0.4, -0.2) is 21.5 Å². The summed E-state index contributed by atoms with van der Waals surface area (Å²) in [4.78, 5) is 0. The summed E-state index contributed by atoms with van der Waals surface area (Å²) in [7, 11) is -0.594. The molecule has 1 aliphatic carbocycles. The van der Waals surface area contributed by atoms with Gasteiger partial charge in [-0.1, -0.05) is 15.9 Å². The van der Waals surface area contributed by atoms with E-state index in [0.29, 0.717) is 5.41 Å². The number of halogens is 1. The third-order valence-electron chi connectivity index (χ3n) is 2.16. The number of hydrogen-bond acceptors (Lipinski definition) is 1. The maximum absolute atomic E-state index is 10.7. The Bertz CT molecular complexity index is 143. The van der Waals surface area contributed by atoms with E-state index in [1.165, 1.54) is 12.8 Å². The SMILES string of the molecule is CS(=O)CCC1(CBr)CC1. The predicted octanol–water partition coefficient (Wildman–Crippen LogP) is 1.93. The minimum atomic E-state index is -0.594. The molecule has 0 aliphatic heterocycles. The fraction of sp³-hybridized carbons (Fsp3) is 1.00. The van der Waals surface area contributed by atoms with Crippen LogP contribution in [0.25, 0.3) is 0 Å². The van der Waals surface area contributed by atoms with E-state index in [9.17, 15) is 4.21 Å². The van der Waals surface area contributed by atoms with Crippen molar-refractivity contribution in [3.8, 4) is 0 Å². The second-order valence-corrected chi connectivity index (χ2v) is 5.28. The smallest absolute Gasteiger partial charge is 0.0237 e. The van der Waals surface area contributed by atoms with Crippen molar-refractivity contribution in [1.29, 1.82) is 0 Å². The lowest BCUT2D eigenvalue weighted by Gasteiger charge is -2.08. The molecule has 60 valence electrons. The zero-order valence-electron chi connectivity index (χ0n) is 6.23. The topological polar surface area (TPSA) is 17.1 Å². The summed E-state index contributed by atoms with van der Waals surface area (Å²) in [6, 6.07) is 0. The molecule has 0 saturated heterocycles. The normalized spacial score (nSPS) is 24.2. The monoisotopic (exact) mass is 224 g/mol. The van der Waals surface area contributed by atoms with Gasteiger partial charge in [0.25, 0.3) is 0 Å². The molecule has 0 radical (unpaired) electrons. The molecular weight excluding hydrogens is 212 g/mol. The zero-order chi connectivity index (χ0) is 7.61. The fourth-order valence-corrected chi connectivity index (χ4v) is 2.55. The molecule has 3 heteroatoms. The van der Waals surface area contributed by atoms with E-state index in [2.05, 4.69) is 15.9 Å². The van der Waals surface area contributed by atoms with Crippen LogP contribution in [0, 0.1) is 5.41 Å². The Morgan fingerprint density at radius 1 is 1.60 bits per heavy atom. The van der Waals surface area contributed by atoms with Gasteiger partial charge in [-0.15, -0.1) is 0 Å². The van der Waals surface area contributed by atoms with Crippen LogP contribution in [0.4, 0.5) is 0 Å². The van der Waals surface area contributed by atoms with Crippen LogP contribution in [-0.2, 0) is 10.8 Å². The molecule has 1 aliphatic rings. The highest BCUT2D eigenvalue weighted by Crippen LogP contribution is 2.50. The van der Waals surface area contributed by atoms with E-state index >= 15 is 0 Å². The Morgan fingerprint density at radius 2 is 2.20 bits per heavy atom. The van der Waals surface area contributed by atoms with E-state index in [0.717, 1.165) is 17.5 Å². The minimum Gasteiger partial charge on any atom is -0.260 e. The molecule has 1 atom stereocenters. The average molecular weight is 225 g/mol. The predicted molar refractivity (Wildman–Crippen MR) is 49.0 cm³/mol. The van der Waals surface area contributed by atoms with E-state index in [1.54, 1.807) is 6.26 Å². The summed E-state index contributed by atoms with van der Waals surface area (Å²) in [5.74, 6) is 0.881. The lowest BCUT2D eigenvalue weighted by atomic mass is 10.1. The van der Waals surface area contributed by atoms with Crippen LogP contribution in [0.15, 0.2) is 0 Å². The van der Waals surface area contributed by atoms with Crippen molar-refractivity contribution in [3.63, 3.8) is 0 Å². The molecule has 0 aromatic heterocycles. The molecule has 0 bridgehead atoms. The summed E-state index contributed by atoms with van der Waals surface area (Å²) < 4.78 is 10.7. The van der Waals surface area contributed by atoms with E-state index < -0.39 is 10.8 Å². The average Bonchev–Trinajstić information content (AvgIpc) is 2.64. The van der Waals surface area contributed by atoms with Crippen LogP contribution < -0.4 is 0 Å². The standard InChI is InChI=1S/C7H13BrOS/c1-10(9)5-4-7(6-8)2-3-7/h2-6H2,1H3. The third kappa shape index (κ3) is 2.35. The Balaban J connectivity index is 2.19. The van der Waals surface area contributed by atoms with Gasteiger partial charge in [0, 0.05) is 28.1 Å². The molecule has 1 nitrogen and oxygen atoms in total. The molecule has 0 aromatic rings. The number of alkyl halides is 1. The van der Waals surface area contributed by atoms with Crippen molar-refractivity contribution < 1.29 is 4.21 Å². The first-order valence-corrected chi connectivity index (χ1v) is 6.39. The molecule has 1 unspecified atom stereocenters. The van der Waals surface area contributed by atoms with E-state index in [4.69, 9.17) is 0 Å². The second-order valence-electron chi connectivity index (χ2n) is 3.16. The Morgan fingerprint density at radius 3 is 2.50 bits per heavy atom. The molecule has 1 rings (SSSR count). The minimum absolute atomic E-state index is 0.547. The largest absolute Gasteiger partial charge is 0.260 e. The molecule has 0 amide bonds. The van der Waals surface area contributed by atoms with Gasteiger partial charge in [-0.25, -0.2) is 0 Å². The van der Waals surface area contributed by atoms with Crippen LogP contribution in [0.2, 0.25) is 0 Å². The highest BCUT2D eigenvalue weighted by atomic mass is 79.9. The van der Waals surface area contributed by atoms with Crippen molar-refractivity contribution >= 4 is 26.7 Å². The second kappa shape index (κ2) is 3.35. The van der Waals surface area contributed by atoms with Crippen molar-refractivity contribution in [3.05, 3.63) is 0 Å². The first-order valence-electron chi connectivity index (χ1n) is 3.55. The van der Waals surface area contributed by atoms with Crippen LogP contribution in [0.5, 0.6) is 0 Å². The van der Waals surface area contributed by atoms with Crippen LogP contribution >= 0.6 is 15.9 Å². The zero-order valence-corrected chi connectivity index (χ0v) is 8.63. The molecule has 10 heavy (non-hydrogen) atoms. The Labute approximate surface area is 73.2 Å². The molecular formula is C7H13BrOS. The first kappa shape index (κ1) is 8.72. The molecule has 0 aromatic carbocycles. The number of hydrogen-bond donors (Lipinski definition) is 0. The lowest BCUT2D eigenvalue weighted by molar-refractivity contribution is 0.566. The van der Waals surface area contributed by atoms with Gasteiger partial charge in [0.1, 0.15) is 0 Å². The van der Waals surface area contributed by atoms with Gasteiger partial charge in [-0.2, -0.15) is 0 Å².